The predicted molar refractivity (Wildman–Crippen MR) is 60.6 cm³/mol. The zero-order valence-corrected chi connectivity index (χ0v) is 8.93. The summed E-state index contributed by atoms with van der Waals surface area (Å²) >= 11 is 0. The van der Waals surface area contributed by atoms with Crippen LogP contribution in [0.15, 0.2) is 36.4 Å². The van der Waals surface area contributed by atoms with E-state index in [1.54, 1.807) is 0 Å². The maximum atomic E-state index is 11.2. The van der Waals surface area contributed by atoms with E-state index in [0.717, 1.165) is 11.1 Å². The standard InChI is InChI=1S/C13H14O3/c14-8-4-7-12-11(9-13(15)16-12)10-5-2-1-3-6-10/h1-3,5-6,9,12,14H,4,7-8H2. The lowest BCUT2D eigenvalue weighted by Gasteiger charge is -2.13. The molecule has 0 saturated heterocycles. The Morgan fingerprint density at radius 2 is 2.00 bits per heavy atom. The first-order chi connectivity index (χ1) is 7.81. The molecular weight excluding hydrogens is 204 g/mol. The number of ether oxygens (including phenoxy) is 1. The minimum Gasteiger partial charge on any atom is -0.454 e. The van der Waals surface area contributed by atoms with Crippen molar-refractivity contribution in [2.45, 2.75) is 18.9 Å². The van der Waals surface area contributed by atoms with Crippen molar-refractivity contribution >= 4 is 11.5 Å². The molecule has 0 spiro atoms. The second-order valence-corrected chi connectivity index (χ2v) is 3.76. The number of hydrogen-bond acceptors (Lipinski definition) is 3. The van der Waals surface area contributed by atoms with Crippen molar-refractivity contribution in [1.82, 2.24) is 0 Å². The summed E-state index contributed by atoms with van der Waals surface area (Å²) < 4.78 is 5.19. The van der Waals surface area contributed by atoms with Crippen LogP contribution in [-0.4, -0.2) is 23.8 Å². The van der Waals surface area contributed by atoms with Gasteiger partial charge in [-0.1, -0.05) is 30.3 Å². The minimum atomic E-state index is -0.290. The van der Waals surface area contributed by atoms with Gasteiger partial charge in [0.2, 0.25) is 0 Å². The Hall–Kier alpha value is -1.61. The number of esters is 1. The van der Waals surface area contributed by atoms with Crippen LogP contribution in [0, 0.1) is 0 Å². The Bertz CT molecular complexity index is 395. The third-order valence-corrected chi connectivity index (χ3v) is 2.61. The summed E-state index contributed by atoms with van der Waals surface area (Å²) in [7, 11) is 0. The van der Waals surface area contributed by atoms with Gasteiger partial charge in [0.05, 0.1) is 0 Å². The third kappa shape index (κ3) is 2.31. The number of carbonyl (C=O) groups is 1. The fraction of sp³-hybridized carbons (Fsp3) is 0.308. The molecule has 1 aromatic rings. The van der Waals surface area contributed by atoms with E-state index in [2.05, 4.69) is 0 Å². The van der Waals surface area contributed by atoms with Crippen LogP contribution in [0.1, 0.15) is 18.4 Å². The number of hydrogen-bond donors (Lipinski definition) is 1. The molecule has 0 amide bonds. The van der Waals surface area contributed by atoms with Crippen LogP contribution in [-0.2, 0) is 9.53 Å². The van der Waals surface area contributed by atoms with E-state index < -0.39 is 0 Å². The minimum absolute atomic E-state index is 0.121. The van der Waals surface area contributed by atoms with Crippen LogP contribution in [0.4, 0.5) is 0 Å². The average molecular weight is 218 g/mol. The topological polar surface area (TPSA) is 46.5 Å². The Kier molecular flexibility index (Phi) is 3.37. The predicted octanol–water partition coefficient (Wildman–Crippen LogP) is 1.77. The molecular formula is C13H14O3. The number of benzene rings is 1. The molecule has 3 heteroatoms. The molecule has 16 heavy (non-hydrogen) atoms. The van der Waals surface area contributed by atoms with Crippen LogP contribution in [0.2, 0.25) is 0 Å². The molecule has 0 fully saturated rings. The van der Waals surface area contributed by atoms with E-state index in [1.807, 2.05) is 30.3 Å². The van der Waals surface area contributed by atoms with Crippen molar-refractivity contribution < 1.29 is 14.6 Å². The molecule has 0 radical (unpaired) electrons. The number of aliphatic hydroxyl groups excluding tert-OH is 1. The van der Waals surface area contributed by atoms with Crippen LogP contribution in [0.5, 0.6) is 0 Å². The number of rotatable bonds is 4. The van der Waals surface area contributed by atoms with Gasteiger partial charge in [-0.15, -0.1) is 0 Å². The van der Waals surface area contributed by atoms with Crippen molar-refractivity contribution in [3.8, 4) is 0 Å². The van der Waals surface area contributed by atoms with Gasteiger partial charge in [-0.25, -0.2) is 4.79 Å². The van der Waals surface area contributed by atoms with Gasteiger partial charge >= 0.3 is 5.97 Å². The summed E-state index contributed by atoms with van der Waals surface area (Å²) in [5.41, 5.74) is 1.93. The summed E-state index contributed by atoms with van der Waals surface area (Å²) in [6.45, 7) is 0.121. The van der Waals surface area contributed by atoms with Gasteiger partial charge in [-0.2, -0.15) is 0 Å². The van der Waals surface area contributed by atoms with E-state index in [9.17, 15) is 4.79 Å². The van der Waals surface area contributed by atoms with Crippen molar-refractivity contribution in [3.05, 3.63) is 42.0 Å². The zero-order valence-electron chi connectivity index (χ0n) is 8.93. The van der Waals surface area contributed by atoms with E-state index in [-0.39, 0.29) is 18.7 Å². The smallest absolute Gasteiger partial charge is 0.331 e. The normalized spacial score (nSPS) is 19.4. The lowest BCUT2D eigenvalue weighted by atomic mass is 9.98. The lowest BCUT2D eigenvalue weighted by molar-refractivity contribution is -0.138. The first-order valence-corrected chi connectivity index (χ1v) is 5.40. The number of carbonyl (C=O) groups excluding carboxylic acids is 1. The lowest BCUT2D eigenvalue weighted by Crippen LogP contribution is -2.11. The molecule has 1 aliphatic rings. The maximum Gasteiger partial charge on any atom is 0.331 e. The highest BCUT2D eigenvalue weighted by atomic mass is 16.5. The number of aliphatic hydroxyl groups is 1. The van der Waals surface area contributed by atoms with Gasteiger partial charge in [0.1, 0.15) is 6.10 Å². The maximum absolute atomic E-state index is 11.2. The summed E-state index contributed by atoms with van der Waals surface area (Å²) in [4.78, 5) is 11.2. The van der Waals surface area contributed by atoms with E-state index in [4.69, 9.17) is 9.84 Å². The molecule has 3 nitrogen and oxygen atoms in total. The summed E-state index contributed by atoms with van der Waals surface area (Å²) in [6.07, 6.45) is 2.64. The van der Waals surface area contributed by atoms with Crippen LogP contribution in [0.3, 0.4) is 0 Å². The summed E-state index contributed by atoms with van der Waals surface area (Å²) in [6, 6.07) is 9.72. The summed E-state index contributed by atoms with van der Waals surface area (Å²) in [5.74, 6) is -0.290. The molecule has 84 valence electrons. The highest BCUT2D eigenvalue weighted by molar-refractivity contribution is 5.97. The van der Waals surface area contributed by atoms with Gasteiger partial charge in [0.25, 0.3) is 0 Å². The first-order valence-electron chi connectivity index (χ1n) is 5.40. The van der Waals surface area contributed by atoms with E-state index >= 15 is 0 Å². The number of cyclic esters (lactones) is 1. The monoisotopic (exact) mass is 218 g/mol. The summed E-state index contributed by atoms with van der Waals surface area (Å²) in [5, 5.41) is 8.79. The van der Waals surface area contributed by atoms with Crippen molar-refractivity contribution in [2.75, 3.05) is 6.61 Å². The van der Waals surface area contributed by atoms with Crippen molar-refractivity contribution in [1.29, 1.82) is 0 Å². The Morgan fingerprint density at radius 1 is 1.25 bits per heavy atom. The largest absolute Gasteiger partial charge is 0.454 e. The average Bonchev–Trinajstić information content (AvgIpc) is 2.69. The van der Waals surface area contributed by atoms with E-state index in [1.165, 1.54) is 6.08 Å². The SMILES string of the molecule is O=C1C=C(c2ccccc2)C(CCCO)O1. The Morgan fingerprint density at radius 3 is 2.69 bits per heavy atom. The fourth-order valence-electron chi connectivity index (χ4n) is 1.85. The quantitative estimate of drug-likeness (QED) is 0.783. The molecule has 2 rings (SSSR count). The van der Waals surface area contributed by atoms with Gasteiger partial charge in [-0.05, 0) is 18.4 Å². The van der Waals surface area contributed by atoms with Gasteiger partial charge in [0.15, 0.2) is 0 Å². The fourth-order valence-corrected chi connectivity index (χ4v) is 1.85. The van der Waals surface area contributed by atoms with E-state index in [0.29, 0.717) is 12.8 Å². The van der Waals surface area contributed by atoms with Crippen molar-refractivity contribution in [3.63, 3.8) is 0 Å². The zero-order chi connectivity index (χ0) is 11.4. The molecule has 1 atom stereocenters. The highest BCUT2D eigenvalue weighted by Crippen LogP contribution is 2.28. The molecule has 1 heterocycles. The second-order valence-electron chi connectivity index (χ2n) is 3.76. The van der Waals surface area contributed by atoms with Gasteiger partial charge in [0, 0.05) is 18.3 Å². The molecule has 0 aliphatic carbocycles. The van der Waals surface area contributed by atoms with Crippen LogP contribution >= 0.6 is 0 Å². The Balaban J connectivity index is 2.17. The van der Waals surface area contributed by atoms with Gasteiger partial charge in [-0.3, -0.25) is 0 Å². The highest BCUT2D eigenvalue weighted by Gasteiger charge is 2.26. The molecule has 0 aromatic heterocycles. The van der Waals surface area contributed by atoms with Gasteiger partial charge < -0.3 is 9.84 Å². The Labute approximate surface area is 94.4 Å². The molecule has 0 saturated carbocycles. The molecule has 0 bridgehead atoms. The molecule has 1 aliphatic heterocycles. The molecule has 1 N–H and O–H groups in total. The first kappa shape index (κ1) is 10.9. The molecule has 1 aromatic carbocycles. The van der Waals surface area contributed by atoms with Crippen LogP contribution in [0.25, 0.3) is 5.57 Å². The third-order valence-electron chi connectivity index (χ3n) is 2.61. The molecule has 1 unspecified atom stereocenters. The second kappa shape index (κ2) is 4.94. The van der Waals surface area contributed by atoms with Crippen molar-refractivity contribution in [2.24, 2.45) is 0 Å². The van der Waals surface area contributed by atoms with Crippen LogP contribution < -0.4 is 0 Å².